The summed E-state index contributed by atoms with van der Waals surface area (Å²) >= 11 is 0. The topological polar surface area (TPSA) is 90.5 Å². The largest absolute Gasteiger partial charge is 0.368 e. The molecule has 0 saturated heterocycles. The minimum absolute atomic E-state index is 0.268. The second kappa shape index (κ2) is 5.26. The van der Waals surface area contributed by atoms with Gasteiger partial charge in [0.25, 0.3) is 0 Å². The second-order valence-corrected chi connectivity index (χ2v) is 4.80. The minimum atomic E-state index is 0.268. The zero-order valence-electron chi connectivity index (χ0n) is 10.7. The number of hydrogen-bond donors (Lipinski definition) is 1. The number of nitrogen functional groups attached to an aromatic ring is 1. The lowest BCUT2D eigenvalue weighted by Crippen LogP contribution is -2.12. The molecule has 1 fully saturated rings. The van der Waals surface area contributed by atoms with Gasteiger partial charge in [0.15, 0.2) is 5.82 Å². The molecule has 0 radical (unpaired) electrons. The second-order valence-electron chi connectivity index (χ2n) is 4.80. The molecule has 19 heavy (non-hydrogen) atoms. The van der Waals surface area contributed by atoms with E-state index in [2.05, 4.69) is 24.9 Å². The van der Waals surface area contributed by atoms with Crippen molar-refractivity contribution in [2.75, 3.05) is 5.73 Å². The van der Waals surface area contributed by atoms with Crippen LogP contribution in [0.2, 0.25) is 0 Å². The highest BCUT2D eigenvalue weighted by atomic mass is 15.1. The van der Waals surface area contributed by atoms with Crippen molar-refractivity contribution in [3.8, 4) is 11.5 Å². The molecular weight excluding hydrogens is 240 g/mol. The monoisotopic (exact) mass is 256 g/mol. The molecule has 2 heterocycles. The summed E-state index contributed by atoms with van der Waals surface area (Å²) in [5.41, 5.74) is 6.48. The summed E-state index contributed by atoms with van der Waals surface area (Å²) in [6, 6.07) is 1.78. The average Bonchev–Trinajstić information content (AvgIpc) is 2.48. The molecule has 0 amide bonds. The van der Waals surface area contributed by atoms with Gasteiger partial charge < -0.3 is 5.73 Å². The van der Waals surface area contributed by atoms with E-state index in [-0.39, 0.29) is 5.95 Å². The van der Waals surface area contributed by atoms with Crippen LogP contribution in [0.5, 0.6) is 0 Å². The fraction of sp³-hybridized carbons (Fsp3) is 0.462. The molecule has 0 bridgehead atoms. The van der Waals surface area contributed by atoms with Crippen molar-refractivity contribution >= 4 is 5.95 Å². The summed E-state index contributed by atoms with van der Waals surface area (Å²) < 4.78 is 0. The van der Waals surface area contributed by atoms with Gasteiger partial charge in [-0.3, -0.25) is 0 Å². The number of nitrogens with zero attached hydrogens (tertiary/aromatic N) is 5. The molecule has 2 N–H and O–H groups in total. The lowest BCUT2D eigenvalue weighted by molar-refractivity contribution is 0.428. The van der Waals surface area contributed by atoms with Gasteiger partial charge >= 0.3 is 0 Å². The van der Waals surface area contributed by atoms with Crippen molar-refractivity contribution in [1.29, 1.82) is 0 Å². The lowest BCUT2D eigenvalue weighted by atomic mass is 9.89. The normalized spacial score (nSPS) is 16.4. The quantitative estimate of drug-likeness (QED) is 0.883. The molecule has 0 unspecified atom stereocenters. The first-order chi connectivity index (χ1) is 9.33. The van der Waals surface area contributed by atoms with Crippen LogP contribution in [0.15, 0.2) is 18.6 Å². The predicted octanol–water partition coefficient (Wildman–Crippen LogP) is 1.96. The Balaban J connectivity index is 1.96. The van der Waals surface area contributed by atoms with Crippen LogP contribution in [0.3, 0.4) is 0 Å². The fourth-order valence-electron chi connectivity index (χ4n) is 2.49. The molecule has 2 aromatic heterocycles. The van der Waals surface area contributed by atoms with E-state index in [9.17, 15) is 0 Å². The summed E-state index contributed by atoms with van der Waals surface area (Å²) in [7, 11) is 0. The van der Waals surface area contributed by atoms with Gasteiger partial charge in [-0.05, 0) is 18.9 Å². The summed E-state index contributed by atoms with van der Waals surface area (Å²) in [4.78, 5) is 21.0. The van der Waals surface area contributed by atoms with Crippen molar-refractivity contribution in [1.82, 2.24) is 24.9 Å². The zero-order valence-corrected chi connectivity index (χ0v) is 10.7. The van der Waals surface area contributed by atoms with Gasteiger partial charge in [-0.2, -0.15) is 9.97 Å². The molecule has 1 aliphatic carbocycles. The Morgan fingerprint density at radius 3 is 2.63 bits per heavy atom. The molecule has 3 rings (SSSR count). The summed E-state index contributed by atoms with van der Waals surface area (Å²) in [6.07, 6.45) is 9.19. The van der Waals surface area contributed by atoms with Crippen LogP contribution in [0.1, 0.15) is 43.8 Å². The highest BCUT2D eigenvalue weighted by molar-refractivity contribution is 5.49. The standard InChI is InChI=1S/C13H16N6/c14-13-18-11(9-4-2-1-3-5-9)17-12(19-13)10-6-7-15-8-16-10/h6-9H,1-5H2,(H2,14,17,18,19). The number of rotatable bonds is 2. The molecule has 98 valence electrons. The van der Waals surface area contributed by atoms with Crippen LogP contribution < -0.4 is 5.73 Å². The van der Waals surface area contributed by atoms with Gasteiger partial charge in [-0.25, -0.2) is 15.0 Å². The van der Waals surface area contributed by atoms with Crippen LogP contribution in [0, 0.1) is 0 Å². The van der Waals surface area contributed by atoms with E-state index in [4.69, 9.17) is 5.73 Å². The third kappa shape index (κ3) is 2.67. The number of hydrogen-bond acceptors (Lipinski definition) is 6. The molecule has 0 spiro atoms. The fourth-order valence-corrected chi connectivity index (χ4v) is 2.49. The molecule has 1 saturated carbocycles. The van der Waals surface area contributed by atoms with Gasteiger partial charge in [0.05, 0.1) is 0 Å². The Bertz CT molecular complexity index is 550. The third-order valence-corrected chi connectivity index (χ3v) is 3.45. The van der Waals surface area contributed by atoms with Gasteiger partial charge in [0.2, 0.25) is 5.95 Å². The van der Waals surface area contributed by atoms with Crippen molar-refractivity contribution in [3.63, 3.8) is 0 Å². The highest BCUT2D eigenvalue weighted by Crippen LogP contribution is 2.31. The zero-order chi connectivity index (χ0) is 13.1. The Morgan fingerprint density at radius 2 is 1.89 bits per heavy atom. The van der Waals surface area contributed by atoms with E-state index in [1.165, 1.54) is 25.6 Å². The van der Waals surface area contributed by atoms with Gasteiger partial charge in [0, 0.05) is 12.1 Å². The average molecular weight is 256 g/mol. The SMILES string of the molecule is Nc1nc(-c2ccncn2)nc(C2CCCCC2)n1. The Hall–Kier alpha value is -2.11. The first-order valence-corrected chi connectivity index (χ1v) is 6.61. The van der Waals surface area contributed by atoms with Gasteiger partial charge in [-0.1, -0.05) is 19.3 Å². The van der Waals surface area contributed by atoms with E-state index < -0.39 is 0 Å². The van der Waals surface area contributed by atoms with E-state index in [1.807, 2.05) is 0 Å². The van der Waals surface area contributed by atoms with Crippen molar-refractivity contribution in [2.24, 2.45) is 0 Å². The first kappa shape index (κ1) is 12.0. The van der Waals surface area contributed by atoms with Crippen LogP contribution >= 0.6 is 0 Å². The third-order valence-electron chi connectivity index (χ3n) is 3.45. The number of anilines is 1. The Labute approximate surface area is 111 Å². The molecule has 1 aliphatic rings. The molecule has 6 nitrogen and oxygen atoms in total. The van der Waals surface area contributed by atoms with Crippen molar-refractivity contribution in [2.45, 2.75) is 38.0 Å². The minimum Gasteiger partial charge on any atom is -0.368 e. The molecule has 2 aromatic rings. The molecule has 6 heteroatoms. The highest BCUT2D eigenvalue weighted by Gasteiger charge is 2.20. The molecular formula is C13H16N6. The van der Waals surface area contributed by atoms with Crippen LogP contribution in [-0.4, -0.2) is 24.9 Å². The van der Waals surface area contributed by atoms with Crippen LogP contribution in [0.25, 0.3) is 11.5 Å². The smallest absolute Gasteiger partial charge is 0.223 e. The molecule has 0 aromatic carbocycles. The van der Waals surface area contributed by atoms with Gasteiger partial charge in [0.1, 0.15) is 17.8 Å². The van der Waals surface area contributed by atoms with Crippen molar-refractivity contribution < 1.29 is 0 Å². The molecule has 0 aliphatic heterocycles. The summed E-state index contributed by atoms with van der Waals surface area (Å²) in [5, 5.41) is 0. The van der Waals surface area contributed by atoms with Crippen LogP contribution in [0.4, 0.5) is 5.95 Å². The maximum Gasteiger partial charge on any atom is 0.223 e. The first-order valence-electron chi connectivity index (χ1n) is 6.61. The van der Waals surface area contributed by atoms with E-state index in [1.54, 1.807) is 12.3 Å². The number of nitrogens with two attached hydrogens (primary N) is 1. The summed E-state index contributed by atoms with van der Waals surface area (Å²) in [5.74, 6) is 2.01. The van der Waals surface area contributed by atoms with E-state index in [0.29, 0.717) is 17.4 Å². The Kier molecular flexibility index (Phi) is 3.31. The molecule has 0 atom stereocenters. The summed E-state index contributed by atoms with van der Waals surface area (Å²) in [6.45, 7) is 0. The predicted molar refractivity (Wildman–Crippen MR) is 71.1 cm³/mol. The maximum absolute atomic E-state index is 5.80. The van der Waals surface area contributed by atoms with E-state index >= 15 is 0 Å². The van der Waals surface area contributed by atoms with Gasteiger partial charge in [-0.15, -0.1) is 0 Å². The number of aromatic nitrogens is 5. The Morgan fingerprint density at radius 1 is 1.05 bits per heavy atom. The van der Waals surface area contributed by atoms with Crippen molar-refractivity contribution in [3.05, 3.63) is 24.4 Å². The lowest BCUT2D eigenvalue weighted by Gasteiger charge is -2.20. The van der Waals surface area contributed by atoms with Crippen LogP contribution in [-0.2, 0) is 0 Å². The maximum atomic E-state index is 5.80. The van der Waals surface area contributed by atoms with E-state index in [0.717, 1.165) is 18.7 Å².